The SMILES string of the molecule is Cc1cc(C2=NC(c3ccccc3)NC(c3ccccc3)N2)cc(-c2ccccc2)c1. The Hall–Kier alpha value is -3.69. The lowest BCUT2D eigenvalue weighted by Gasteiger charge is -2.32. The molecule has 0 aliphatic carbocycles. The predicted octanol–water partition coefficient (Wildman–Crippen LogP) is 6.00. The summed E-state index contributed by atoms with van der Waals surface area (Å²) in [5, 5.41) is 7.28. The van der Waals surface area contributed by atoms with E-state index in [1.165, 1.54) is 22.3 Å². The maximum Gasteiger partial charge on any atom is 0.131 e. The Morgan fingerprint density at radius 2 is 1.19 bits per heavy atom. The van der Waals surface area contributed by atoms with E-state index in [0.29, 0.717) is 0 Å². The molecule has 0 radical (unpaired) electrons. The standard InChI is InChI=1S/C28H25N3/c1-20-17-24(21-11-5-2-6-12-21)19-25(18-20)28-30-26(22-13-7-3-8-14-22)29-27(31-28)23-15-9-4-10-16-23/h2-19,26-27,29H,1H3,(H,30,31). The van der Waals surface area contributed by atoms with Gasteiger partial charge in [0.25, 0.3) is 0 Å². The van der Waals surface area contributed by atoms with Crippen LogP contribution in [0, 0.1) is 6.92 Å². The number of hydrogen-bond donors (Lipinski definition) is 2. The fourth-order valence-electron chi connectivity index (χ4n) is 4.05. The summed E-state index contributed by atoms with van der Waals surface area (Å²) >= 11 is 0. The summed E-state index contributed by atoms with van der Waals surface area (Å²) in [6.07, 6.45) is -0.150. The third-order valence-electron chi connectivity index (χ3n) is 5.57. The number of amidine groups is 1. The first kappa shape index (κ1) is 19.3. The molecule has 0 fully saturated rings. The van der Waals surface area contributed by atoms with Gasteiger partial charge in [-0.1, -0.05) is 97.1 Å². The average molecular weight is 404 g/mol. The zero-order valence-corrected chi connectivity index (χ0v) is 17.5. The van der Waals surface area contributed by atoms with Gasteiger partial charge >= 0.3 is 0 Å². The second-order valence-electron chi connectivity index (χ2n) is 7.90. The Morgan fingerprint density at radius 3 is 1.87 bits per heavy atom. The fraction of sp³-hybridized carbons (Fsp3) is 0.107. The number of nitrogens with zero attached hydrogens (tertiary/aromatic N) is 1. The van der Waals surface area contributed by atoms with Crippen LogP contribution in [0.1, 0.15) is 34.6 Å². The lowest BCUT2D eigenvalue weighted by Crippen LogP contribution is -2.45. The van der Waals surface area contributed by atoms with E-state index in [9.17, 15) is 0 Å². The zero-order chi connectivity index (χ0) is 21.0. The van der Waals surface area contributed by atoms with Gasteiger partial charge in [-0.15, -0.1) is 0 Å². The Bertz CT molecular complexity index is 1180. The minimum absolute atomic E-state index is 0.0282. The Morgan fingerprint density at radius 1 is 0.613 bits per heavy atom. The fourth-order valence-corrected chi connectivity index (χ4v) is 4.05. The van der Waals surface area contributed by atoms with Crippen LogP contribution in [0.3, 0.4) is 0 Å². The van der Waals surface area contributed by atoms with E-state index in [1.54, 1.807) is 0 Å². The summed E-state index contributed by atoms with van der Waals surface area (Å²) in [7, 11) is 0. The van der Waals surface area contributed by atoms with E-state index in [1.807, 2.05) is 18.2 Å². The Kier molecular flexibility index (Phi) is 5.34. The van der Waals surface area contributed by atoms with E-state index in [4.69, 9.17) is 4.99 Å². The van der Waals surface area contributed by atoms with Crippen molar-refractivity contribution in [3.05, 3.63) is 131 Å². The molecule has 1 aliphatic rings. The summed E-state index contributed by atoms with van der Waals surface area (Å²) in [5.74, 6) is 0.905. The lowest BCUT2D eigenvalue weighted by molar-refractivity contribution is 0.409. The van der Waals surface area contributed by atoms with Crippen molar-refractivity contribution < 1.29 is 0 Å². The molecule has 0 aromatic heterocycles. The molecule has 0 saturated carbocycles. The van der Waals surface area contributed by atoms with E-state index < -0.39 is 0 Å². The molecule has 2 N–H and O–H groups in total. The highest BCUT2D eigenvalue weighted by Crippen LogP contribution is 2.27. The number of aryl methyl sites for hydroxylation is 1. The number of benzene rings is 4. The van der Waals surface area contributed by atoms with Crippen LogP contribution in [-0.2, 0) is 0 Å². The Labute approximate surface area is 183 Å². The first-order chi connectivity index (χ1) is 15.3. The number of nitrogens with one attached hydrogen (secondary N) is 2. The predicted molar refractivity (Wildman–Crippen MR) is 128 cm³/mol. The highest BCUT2D eigenvalue weighted by molar-refractivity contribution is 6.00. The molecule has 0 bridgehead atoms. The zero-order valence-electron chi connectivity index (χ0n) is 17.5. The molecule has 0 amide bonds. The third kappa shape index (κ3) is 4.27. The molecule has 31 heavy (non-hydrogen) atoms. The van der Waals surface area contributed by atoms with Gasteiger partial charge in [-0.05, 0) is 46.9 Å². The second-order valence-corrected chi connectivity index (χ2v) is 7.90. The summed E-state index contributed by atoms with van der Waals surface area (Å²) < 4.78 is 0. The molecule has 4 aromatic rings. The first-order valence-corrected chi connectivity index (χ1v) is 10.6. The Balaban J connectivity index is 1.58. The van der Waals surface area contributed by atoms with Gasteiger partial charge in [0.15, 0.2) is 0 Å². The van der Waals surface area contributed by atoms with Gasteiger partial charge in [0.05, 0.1) is 0 Å². The number of hydrogen-bond acceptors (Lipinski definition) is 3. The average Bonchev–Trinajstić information content (AvgIpc) is 2.85. The van der Waals surface area contributed by atoms with Crippen LogP contribution in [0.15, 0.2) is 114 Å². The van der Waals surface area contributed by atoms with Crippen molar-refractivity contribution in [1.82, 2.24) is 10.6 Å². The van der Waals surface area contributed by atoms with Crippen molar-refractivity contribution in [3.8, 4) is 11.1 Å². The third-order valence-corrected chi connectivity index (χ3v) is 5.57. The maximum atomic E-state index is 5.07. The molecule has 3 nitrogen and oxygen atoms in total. The number of rotatable bonds is 4. The van der Waals surface area contributed by atoms with Crippen molar-refractivity contribution in [2.24, 2.45) is 4.99 Å². The molecular weight excluding hydrogens is 378 g/mol. The van der Waals surface area contributed by atoms with Crippen LogP contribution >= 0.6 is 0 Å². The largest absolute Gasteiger partial charge is 0.350 e. The summed E-state index contributed by atoms with van der Waals surface area (Å²) in [4.78, 5) is 5.07. The van der Waals surface area contributed by atoms with E-state index in [2.05, 4.69) is 109 Å². The van der Waals surface area contributed by atoms with E-state index >= 15 is 0 Å². The van der Waals surface area contributed by atoms with Crippen LogP contribution in [0.2, 0.25) is 0 Å². The highest BCUT2D eigenvalue weighted by Gasteiger charge is 2.25. The van der Waals surface area contributed by atoms with Crippen molar-refractivity contribution in [2.45, 2.75) is 19.3 Å². The molecule has 4 aromatic carbocycles. The molecule has 1 heterocycles. The highest BCUT2D eigenvalue weighted by atomic mass is 15.3. The van der Waals surface area contributed by atoms with Gasteiger partial charge in [-0.2, -0.15) is 0 Å². The lowest BCUT2D eigenvalue weighted by atomic mass is 9.99. The summed E-state index contributed by atoms with van der Waals surface area (Å²) in [6, 6.07) is 38.0. The van der Waals surface area contributed by atoms with Crippen molar-refractivity contribution in [1.29, 1.82) is 0 Å². The van der Waals surface area contributed by atoms with Crippen LogP contribution in [0.25, 0.3) is 11.1 Å². The van der Waals surface area contributed by atoms with Gasteiger partial charge in [0.2, 0.25) is 0 Å². The van der Waals surface area contributed by atoms with E-state index in [-0.39, 0.29) is 12.3 Å². The van der Waals surface area contributed by atoms with Gasteiger partial charge in [-0.25, -0.2) is 4.99 Å². The minimum atomic E-state index is -0.122. The molecule has 1 aliphatic heterocycles. The van der Waals surface area contributed by atoms with Gasteiger partial charge in [-0.3, -0.25) is 5.32 Å². The van der Waals surface area contributed by atoms with Gasteiger partial charge in [0, 0.05) is 5.56 Å². The molecule has 0 spiro atoms. The van der Waals surface area contributed by atoms with Crippen LogP contribution in [-0.4, -0.2) is 5.84 Å². The van der Waals surface area contributed by atoms with Gasteiger partial charge in [0.1, 0.15) is 18.2 Å². The molecule has 3 heteroatoms. The molecule has 0 saturated heterocycles. The molecule has 152 valence electrons. The second kappa shape index (κ2) is 8.58. The van der Waals surface area contributed by atoms with Crippen LogP contribution in [0.5, 0.6) is 0 Å². The molecule has 2 atom stereocenters. The molecule has 2 unspecified atom stereocenters. The van der Waals surface area contributed by atoms with Crippen molar-refractivity contribution >= 4 is 5.84 Å². The summed E-state index contributed by atoms with van der Waals surface area (Å²) in [6.45, 7) is 2.14. The van der Waals surface area contributed by atoms with Crippen molar-refractivity contribution in [2.75, 3.05) is 0 Å². The monoisotopic (exact) mass is 403 g/mol. The first-order valence-electron chi connectivity index (χ1n) is 10.6. The quantitative estimate of drug-likeness (QED) is 0.438. The maximum absolute atomic E-state index is 5.07. The van der Waals surface area contributed by atoms with Crippen LogP contribution < -0.4 is 10.6 Å². The molecule has 5 rings (SSSR count). The molecular formula is C28H25N3. The normalized spacial score (nSPS) is 18.2. The minimum Gasteiger partial charge on any atom is -0.350 e. The number of aliphatic imine (C=N–C) groups is 1. The summed E-state index contributed by atoms with van der Waals surface area (Å²) in [5.41, 5.74) is 7.06. The smallest absolute Gasteiger partial charge is 0.131 e. The van der Waals surface area contributed by atoms with Crippen LogP contribution in [0.4, 0.5) is 0 Å². The van der Waals surface area contributed by atoms with Crippen molar-refractivity contribution in [3.63, 3.8) is 0 Å². The van der Waals surface area contributed by atoms with Gasteiger partial charge < -0.3 is 5.32 Å². The van der Waals surface area contributed by atoms with E-state index in [0.717, 1.165) is 17.0 Å². The topological polar surface area (TPSA) is 36.4 Å².